The fourth-order valence-corrected chi connectivity index (χ4v) is 13.8. The summed E-state index contributed by atoms with van der Waals surface area (Å²) in [6.07, 6.45) is -8.69. The molecule has 16 nitrogen and oxygen atoms in total. The SMILES string of the molecule is COC(=O)[C@@]1(C)CC[C@]2(C(=O)O[C@@H]3O[C@H](CO)[C@@H](O)[C@H](O)[C@H]3O)CC[C@]3(C)C(=CC[C@@H]4[C@@]5(C)CC[C@H](O[C@@H]6O[C@H](C(=O)O)[C@@H](O)[C@H](O)[C@H]6O)C(C)(C)C5CC[C@]43C)C2C1. The van der Waals surface area contributed by atoms with Crippen LogP contribution in [0.4, 0.5) is 0 Å². The highest BCUT2D eigenvalue weighted by molar-refractivity contribution is 5.81. The van der Waals surface area contributed by atoms with E-state index in [0.29, 0.717) is 44.9 Å². The van der Waals surface area contributed by atoms with E-state index in [9.17, 15) is 55.2 Å². The quantitative estimate of drug-likeness (QED) is 0.103. The Labute approximate surface area is 345 Å². The van der Waals surface area contributed by atoms with E-state index in [1.807, 2.05) is 6.92 Å². The van der Waals surface area contributed by atoms with Crippen molar-refractivity contribution in [1.29, 1.82) is 0 Å². The molecule has 2 unspecified atom stereocenters. The van der Waals surface area contributed by atoms with Crippen molar-refractivity contribution < 1.29 is 78.9 Å². The molecular weight excluding hydrogens is 772 g/mol. The van der Waals surface area contributed by atoms with Gasteiger partial charge >= 0.3 is 17.9 Å². The van der Waals surface area contributed by atoms with Gasteiger partial charge in [-0.2, -0.15) is 0 Å². The van der Waals surface area contributed by atoms with Crippen LogP contribution < -0.4 is 0 Å². The molecule has 4 saturated carbocycles. The average Bonchev–Trinajstić information content (AvgIpc) is 3.18. The third-order valence-electron chi connectivity index (χ3n) is 17.6. The number of esters is 2. The second-order valence-electron chi connectivity index (χ2n) is 20.6. The molecule has 19 atom stereocenters. The standard InChI is InChI=1S/C43H66O16/c1-38(2)23-10-13-42(6)24(40(23,4)12-11-25(38)57-35-31(50)28(47)29(48)32(58-35)33(51)52)9-8-20-21-18-39(3,36(53)55-7)14-16-43(21,17-15-41(20,42)5)37(54)59-34-30(49)27(46)26(45)22(19-44)56-34/h8,21-32,34-35,44-50H,9-19H2,1-7H3,(H,51,52)/t21?,22-,23?,24-,25+,26-,27+,28+,29+,30-,31-,32+,34+,35-,39+,40+,41-,42-,43+/m1/s1. The lowest BCUT2D eigenvalue weighted by atomic mass is 9.33. The summed E-state index contributed by atoms with van der Waals surface area (Å²) in [5, 5.41) is 82.6. The molecule has 0 aromatic rings. The second kappa shape index (κ2) is 15.2. The smallest absolute Gasteiger partial charge is 0.335 e. The molecule has 59 heavy (non-hydrogen) atoms. The third-order valence-corrected chi connectivity index (χ3v) is 17.6. The number of ether oxygens (including phenoxy) is 5. The van der Waals surface area contributed by atoms with Crippen LogP contribution in [0.25, 0.3) is 0 Å². The number of carbonyl (C=O) groups is 3. The van der Waals surface area contributed by atoms with Crippen molar-refractivity contribution in [2.45, 2.75) is 173 Å². The maximum atomic E-state index is 14.7. The first-order valence-corrected chi connectivity index (χ1v) is 21.4. The summed E-state index contributed by atoms with van der Waals surface area (Å²) in [5.74, 6) is -2.52. The first kappa shape index (κ1) is 44.8. The van der Waals surface area contributed by atoms with Crippen LogP contribution in [0.3, 0.4) is 0 Å². The summed E-state index contributed by atoms with van der Waals surface area (Å²) < 4.78 is 28.8. The number of carbonyl (C=O) groups excluding carboxylic acids is 2. The number of hydrogen-bond acceptors (Lipinski definition) is 15. The van der Waals surface area contributed by atoms with E-state index in [1.165, 1.54) is 7.11 Å². The molecule has 16 heteroatoms. The van der Waals surface area contributed by atoms with Gasteiger partial charge in [-0.1, -0.05) is 46.3 Å². The van der Waals surface area contributed by atoms with E-state index >= 15 is 0 Å². The molecule has 0 spiro atoms. The fourth-order valence-electron chi connectivity index (χ4n) is 13.8. The summed E-state index contributed by atoms with van der Waals surface area (Å²) in [5.41, 5.74) is -2.15. The molecule has 5 aliphatic carbocycles. The lowest BCUT2D eigenvalue weighted by Crippen LogP contribution is -2.66. The topological polar surface area (TPSA) is 259 Å². The van der Waals surface area contributed by atoms with Gasteiger partial charge in [-0.25, -0.2) is 4.79 Å². The number of hydrogen-bond donors (Lipinski definition) is 8. The van der Waals surface area contributed by atoms with Gasteiger partial charge in [-0.3, -0.25) is 9.59 Å². The predicted molar refractivity (Wildman–Crippen MR) is 204 cm³/mol. The summed E-state index contributed by atoms with van der Waals surface area (Å²) in [6, 6.07) is 0. The van der Waals surface area contributed by atoms with Crippen LogP contribution in [0.15, 0.2) is 11.6 Å². The van der Waals surface area contributed by atoms with Crippen molar-refractivity contribution in [1.82, 2.24) is 0 Å². The van der Waals surface area contributed by atoms with Crippen LogP contribution in [0.2, 0.25) is 0 Å². The molecule has 0 amide bonds. The Hall–Kier alpha value is -2.25. The van der Waals surface area contributed by atoms with Crippen LogP contribution in [0, 0.1) is 50.2 Å². The van der Waals surface area contributed by atoms with Gasteiger partial charge < -0.3 is 64.5 Å². The normalized spacial score (nSPS) is 51.7. The number of carboxylic acid groups (broad SMARTS) is 1. The van der Waals surface area contributed by atoms with Gasteiger partial charge in [0.2, 0.25) is 6.29 Å². The molecule has 7 aliphatic rings. The van der Waals surface area contributed by atoms with Gasteiger partial charge in [0.25, 0.3) is 0 Å². The number of aliphatic carboxylic acids is 1. The van der Waals surface area contributed by atoms with Crippen molar-refractivity contribution >= 4 is 17.9 Å². The maximum absolute atomic E-state index is 14.7. The van der Waals surface area contributed by atoms with Crippen molar-refractivity contribution in [2.24, 2.45) is 50.2 Å². The Morgan fingerprint density at radius 3 is 2.03 bits per heavy atom. The molecule has 2 saturated heterocycles. The lowest BCUT2D eigenvalue weighted by Gasteiger charge is -2.71. The first-order chi connectivity index (χ1) is 27.5. The van der Waals surface area contributed by atoms with E-state index < -0.39 is 114 Å². The Morgan fingerprint density at radius 1 is 0.746 bits per heavy atom. The number of allylic oxidation sites excluding steroid dienone is 2. The van der Waals surface area contributed by atoms with E-state index in [0.717, 1.165) is 24.8 Å². The van der Waals surface area contributed by atoms with E-state index in [1.54, 1.807) is 0 Å². The molecule has 2 aliphatic heterocycles. The molecule has 0 bridgehead atoms. The highest BCUT2D eigenvalue weighted by Crippen LogP contribution is 2.76. The molecule has 0 aromatic heterocycles. The maximum Gasteiger partial charge on any atom is 0.335 e. The molecular formula is C43H66O16. The van der Waals surface area contributed by atoms with Crippen LogP contribution in [-0.2, 0) is 38.1 Å². The first-order valence-electron chi connectivity index (χ1n) is 21.4. The monoisotopic (exact) mass is 838 g/mol. The number of aliphatic hydroxyl groups is 7. The average molecular weight is 839 g/mol. The Morgan fingerprint density at radius 2 is 1.39 bits per heavy atom. The van der Waals surface area contributed by atoms with E-state index in [2.05, 4.69) is 40.7 Å². The largest absolute Gasteiger partial charge is 0.479 e. The molecule has 334 valence electrons. The predicted octanol–water partition coefficient (Wildman–Crippen LogP) is 1.56. The van der Waals surface area contributed by atoms with Crippen molar-refractivity contribution in [2.75, 3.05) is 13.7 Å². The molecule has 6 fully saturated rings. The zero-order valence-electron chi connectivity index (χ0n) is 35.3. The highest BCUT2D eigenvalue weighted by atomic mass is 16.7. The zero-order valence-corrected chi connectivity index (χ0v) is 35.3. The number of aliphatic hydroxyl groups excluding tert-OH is 7. The van der Waals surface area contributed by atoms with E-state index in [-0.39, 0.29) is 28.6 Å². The number of methoxy groups -OCH3 is 1. The molecule has 2 heterocycles. The Balaban J connectivity index is 1.19. The van der Waals surface area contributed by atoms with Crippen LogP contribution in [-0.4, -0.2) is 140 Å². The lowest BCUT2D eigenvalue weighted by molar-refractivity contribution is -0.324. The highest BCUT2D eigenvalue weighted by Gasteiger charge is 2.70. The van der Waals surface area contributed by atoms with Gasteiger partial charge in [-0.05, 0) is 111 Å². The number of fused-ring (bicyclic) bond motifs is 7. The fraction of sp³-hybridized carbons (Fsp3) is 0.884. The van der Waals surface area contributed by atoms with Gasteiger partial charge in [0.05, 0.1) is 30.7 Å². The van der Waals surface area contributed by atoms with Gasteiger partial charge in [0.1, 0.15) is 42.7 Å². The summed E-state index contributed by atoms with van der Waals surface area (Å²) in [4.78, 5) is 39.9. The van der Waals surface area contributed by atoms with Crippen LogP contribution in [0.5, 0.6) is 0 Å². The minimum atomic E-state index is -1.81. The van der Waals surface area contributed by atoms with E-state index in [4.69, 9.17) is 23.7 Å². The summed E-state index contributed by atoms with van der Waals surface area (Å²) in [7, 11) is 1.37. The summed E-state index contributed by atoms with van der Waals surface area (Å²) >= 11 is 0. The van der Waals surface area contributed by atoms with Gasteiger partial charge in [0.15, 0.2) is 12.4 Å². The van der Waals surface area contributed by atoms with Crippen molar-refractivity contribution in [3.63, 3.8) is 0 Å². The molecule has 8 N–H and O–H groups in total. The summed E-state index contributed by atoms with van der Waals surface area (Å²) in [6.45, 7) is 12.5. The molecule has 0 radical (unpaired) electrons. The van der Waals surface area contributed by atoms with Crippen molar-refractivity contribution in [3.8, 4) is 0 Å². The number of carboxylic acids is 1. The molecule has 7 rings (SSSR count). The van der Waals surface area contributed by atoms with Gasteiger partial charge in [0, 0.05) is 0 Å². The number of rotatable bonds is 7. The minimum Gasteiger partial charge on any atom is -0.479 e. The van der Waals surface area contributed by atoms with Gasteiger partial charge in [-0.15, -0.1) is 0 Å². The van der Waals surface area contributed by atoms with Crippen LogP contribution in [0.1, 0.15) is 106 Å². The Bertz CT molecular complexity index is 1680. The second-order valence-corrected chi connectivity index (χ2v) is 20.6. The minimum absolute atomic E-state index is 0.144. The van der Waals surface area contributed by atoms with Crippen LogP contribution >= 0.6 is 0 Å². The zero-order chi connectivity index (χ0) is 43.4. The molecule has 0 aromatic carbocycles. The Kier molecular flexibility index (Phi) is 11.6. The third kappa shape index (κ3) is 6.56. The van der Waals surface area contributed by atoms with Crippen molar-refractivity contribution in [3.05, 3.63) is 11.6 Å².